The highest BCUT2D eigenvalue weighted by Crippen LogP contribution is 2.08. The smallest absolute Gasteiger partial charge is 0.196 e. The van der Waals surface area contributed by atoms with Gasteiger partial charge in [0.1, 0.15) is 5.69 Å². The van der Waals surface area contributed by atoms with Crippen molar-refractivity contribution in [2.24, 2.45) is 5.73 Å². The van der Waals surface area contributed by atoms with Gasteiger partial charge in [0.05, 0.1) is 18.4 Å². The van der Waals surface area contributed by atoms with E-state index in [2.05, 4.69) is 10.3 Å². The van der Waals surface area contributed by atoms with E-state index in [1.807, 2.05) is 30.3 Å². The van der Waals surface area contributed by atoms with Gasteiger partial charge in [-0.15, -0.1) is 5.10 Å². The van der Waals surface area contributed by atoms with E-state index in [1.165, 1.54) is 10.9 Å². The number of hydrogen-bond donors (Lipinski definition) is 1. The summed E-state index contributed by atoms with van der Waals surface area (Å²) in [4.78, 5) is 11.4. The van der Waals surface area contributed by atoms with Crippen molar-refractivity contribution in [2.45, 2.75) is 0 Å². The molecule has 1 heterocycles. The van der Waals surface area contributed by atoms with Crippen LogP contribution in [-0.2, 0) is 0 Å². The zero-order valence-corrected chi connectivity index (χ0v) is 8.00. The van der Waals surface area contributed by atoms with Gasteiger partial charge in [0, 0.05) is 0 Å². The Hall–Kier alpha value is -2.01. The van der Waals surface area contributed by atoms with Crippen molar-refractivity contribution in [3.8, 4) is 5.69 Å². The van der Waals surface area contributed by atoms with Gasteiger partial charge in [-0.05, 0) is 12.1 Å². The van der Waals surface area contributed by atoms with Crippen LogP contribution < -0.4 is 5.73 Å². The van der Waals surface area contributed by atoms with Crippen molar-refractivity contribution in [1.82, 2.24) is 15.0 Å². The normalized spacial score (nSPS) is 10.2. The molecule has 0 spiro atoms. The summed E-state index contributed by atoms with van der Waals surface area (Å²) in [6.45, 7) is -0.0415. The van der Waals surface area contributed by atoms with Gasteiger partial charge >= 0.3 is 0 Å². The van der Waals surface area contributed by atoms with E-state index in [-0.39, 0.29) is 12.3 Å². The minimum atomic E-state index is -0.177. The molecule has 0 atom stereocenters. The lowest BCUT2D eigenvalue weighted by Gasteiger charge is -2.03. The second kappa shape index (κ2) is 4.02. The zero-order chi connectivity index (χ0) is 10.7. The standard InChI is InChI=1S/C10H10N4O/c11-6-10(15)9-7-12-13-14(9)8-4-2-1-3-5-8/h1-5,7H,6,11H2. The predicted octanol–water partition coefficient (Wildman–Crippen LogP) is 0.409. The Morgan fingerprint density at radius 2 is 2.07 bits per heavy atom. The third-order valence-corrected chi connectivity index (χ3v) is 2.02. The molecule has 15 heavy (non-hydrogen) atoms. The quantitative estimate of drug-likeness (QED) is 0.731. The van der Waals surface area contributed by atoms with Gasteiger partial charge in [0.25, 0.3) is 0 Å². The third kappa shape index (κ3) is 1.77. The first kappa shape index (κ1) is 9.54. The maximum absolute atomic E-state index is 11.4. The molecule has 2 aromatic rings. The SMILES string of the molecule is NCC(=O)c1cnnn1-c1ccccc1. The van der Waals surface area contributed by atoms with Crippen molar-refractivity contribution in [2.75, 3.05) is 6.54 Å². The van der Waals surface area contributed by atoms with Crippen molar-refractivity contribution in [3.63, 3.8) is 0 Å². The van der Waals surface area contributed by atoms with Gasteiger partial charge in [0.15, 0.2) is 5.78 Å². The molecule has 1 aromatic carbocycles. The molecule has 0 aliphatic rings. The summed E-state index contributed by atoms with van der Waals surface area (Å²) < 4.78 is 1.48. The lowest BCUT2D eigenvalue weighted by atomic mass is 10.2. The Kier molecular flexibility index (Phi) is 2.55. The summed E-state index contributed by atoms with van der Waals surface area (Å²) in [5, 5.41) is 7.55. The summed E-state index contributed by atoms with van der Waals surface area (Å²) in [5.41, 5.74) is 6.50. The molecule has 0 saturated heterocycles. The van der Waals surface area contributed by atoms with E-state index in [1.54, 1.807) is 0 Å². The van der Waals surface area contributed by atoms with E-state index in [4.69, 9.17) is 5.73 Å². The number of hydrogen-bond acceptors (Lipinski definition) is 4. The molecular weight excluding hydrogens is 192 g/mol. The summed E-state index contributed by atoms with van der Waals surface area (Å²) in [6.07, 6.45) is 1.42. The highest BCUT2D eigenvalue weighted by molar-refractivity contribution is 5.96. The number of aromatic nitrogens is 3. The van der Waals surface area contributed by atoms with Gasteiger partial charge in [-0.2, -0.15) is 0 Å². The summed E-state index contributed by atoms with van der Waals surface area (Å²) in [6, 6.07) is 9.33. The Morgan fingerprint density at radius 1 is 1.33 bits per heavy atom. The molecule has 0 bridgehead atoms. The van der Waals surface area contributed by atoms with Crippen LogP contribution in [0.1, 0.15) is 10.5 Å². The van der Waals surface area contributed by atoms with Gasteiger partial charge in [0.2, 0.25) is 0 Å². The van der Waals surface area contributed by atoms with Gasteiger partial charge in [-0.25, -0.2) is 4.68 Å². The van der Waals surface area contributed by atoms with E-state index < -0.39 is 0 Å². The van der Waals surface area contributed by atoms with Gasteiger partial charge < -0.3 is 5.73 Å². The molecule has 76 valence electrons. The first-order valence-corrected chi connectivity index (χ1v) is 4.52. The fraction of sp³-hybridized carbons (Fsp3) is 0.100. The maximum atomic E-state index is 11.4. The number of carbonyl (C=O) groups excluding carboxylic acids is 1. The van der Waals surface area contributed by atoms with Gasteiger partial charge in [-0.1, -0.05) is 23.4 Å². The van der Waals surface area contributed by atoms with Crippen molar-refractivity contribution < 1.29 is 4.79 Å². The molecule has 5 nitrogen and oxygen atoms in total. The van der Waals surface area contributed by atoms with Gasteiger partial charge in [-0.3, -0.25) is 4.79 Å². The highest BCUT2D eigenvalue weighted by atomic mass is 16.1. The molecule has 0 radical (unpaired) electrons. The first-order valence-electron chi connectivity index (χ1n) is 4.52. The summed E-state index contributed by atoms with van der Waals surface area (Å²) in [7, 11) is 0. The Labute approximate surface area is 86.5 Å². The third-order valence-electron chi connectivity index (χ3n) is 2.02. The monoisotopic (exact) mass is 202 g/mol. The number of nitrogens with zero attached hydrogens (tertiary/aromatic N) is 3. The van der Waals surface area contributed by atoms with E-state index in [9.17, 15) is 4.79 Å². The minimum Gasteiger partial charge on any atom is -0.324 e. The minimum absolute atomic E-state index is 0.0415. The van der Waals surface area contributed by atoms with Crippen LogP contribution in [0.25, 0.3) is 5.69 Å². The van der Waals surface area contributed by atoms with E-state index in [0.717, 1.165) is 5.69 Å². The second-order valence-electron chi connectivity index (χ2n) is 2.99. The van der Waals surface area contributed by atoms with Crippen LogP contribution >= 0.6 is 0 Å². The van der Waals surface area contributed by atoms with E-state index >= 15 is 0 Å². The highest BCUT2D eigenvalue weighted by Gasteiger charge is 2.12. The lowest BCUT2D eigenvalue weighted by molar-refractivity contribution is 0.0994. The Balaban J connectivity index is 2.46. The lowest BCUT2D eigenvalue weighted by Crippen LogP contribution is -2.17. The number of ketones is 1. The maximum Gasteiger partial charge on any atom is 0.196 e. The summed E-state index contributed by atoms with van der Waals surface area (Å²) in [5.74, 6) is -0.177. The fourth-order valence-corrected chi connectivity index (χ4v) is 1.29. The van der Waals surface area contributed by atoms with Crippen LogP contribution in [0.3, 0.4) is 0 Å². The molecule has 0 aliphatic heterocycles. The number of benzene rings is 1. The molecule has 5 heteroatoms. The number of nitrogens with two attached hydrogens (primary N) is 1. The van der Waals surface area contributed by atoms with Crippen molar-refractivity contribution >= 4 is 5.78 Å². The number of rotatable bonds is 3. The zero-order valence-electron chi connectivity index (χ0n) is 8.00. The largest absolute Gasteiger partial charge is 0.324 e. The van der Waals surface area contributed by atoms with Crippen LogP contribution in [0.5, 0.6) is 0 Å². The molecule has 0 aliphatic carbocycles. The van der Waals surface area contributed by atoms with Crippen molar-refractivity contribution in [3.05, 3.63) is 42.2 Å². The number of para-hydroxylation sites is 1. The molecule has 2 rings (SSSR count). The van der Waals surface area contributed by atoms with Crippen LogP contribution in [0.2, 0.25) is 0 Å². The van der Waals surface area contributed by atoms with E-state index in [0.29, 0.717) is 5.69 Å². The van der Waals surface area contributed by atoms with Crippen LogP contribution in [0.15, 0.2) is 36.5 Å². The molecule has 0 unspecified atom stereocenters. The molecule has 0 amide bonds. The second-order valence-corrected chi connectivity index (χ2v) is 2.99. The predicted molar refractivity (Wildman–Crippen MR) is 54.7 cm³/mol. The Bertz CT molecular complexity index is 463. The van der Waals surface area contributed by atoms with Crippen LogP contribution in [0.4, 0.5) is 0 Å². The average Bonchev–Trinajstić information content (AvgIpc) is 2.78. The first-order chi connectivity index (χ1) is 7.33. The molecule has 2 N–H and O–H groups in total. The number of carbonyl (C=O) groups is 1. The van der Waals surface area contributed by atoms with Crippen LogP contribution in [-0.4, -0.2) is 27.3 Å². The molecule has 0 saturated carbocycles. The average molecular weight is 202 g/mol. The van der Waals surface area contributed by atoms with Crippen LogP contribution in [0, 0.1) is 0 Å². The van der Waals surface area contributed by atoms with Crippen molar-refractivity contribution in [1.29, 1.82) is 0 Å². The molecular formula is C10H10N4O. The topological polar surface area (TPSA) is 73.8 Å². The molecule has 1 aromatic heterocycles. The number of Topliss-reactive ketones (excluding diaryl/α,β-unsaturated/α-hetero) is 1. The molecule has 0 fully saturated rings. The fourth-order valence-electron chi connectivity index (χ4n) is 1.29. The summed E-state index contributed by atoms with van der Waals surface area (Å²) >= 11 is 0. The Morgan fingerprint density at radius 3 is 2.73 bits per heavy atom.